The summed E-state index contributed by atoms with van der Waals surface area (Å²) in [6.07, 6.45) is 6.91. The van der Waals surface area contributed by atoms with Gasteiger partial charge in [0.05, 0.1) is 12.4 Å². The fourth-order valence-corrected chi connectivity index (χ4v) is 2.94. The number of hydrogen-bond acceptors (Lipinski definition) is 4. The first-order valence-electron chi connectivity index (χ1n) is 6.68. The summed E-state index contributed by atoms with van der Waals surface area (Å²) in [7, 11) is -3.77. The Bertz CT molecular complexity index is 412. The zero-order valence-corrected chi connectivity index (χ0v) is 12.7. The van der Waals surface area contributed by atoms with Crippen LogP contribution in [-0.2, 0) is 10.1 Å². The lowest BCUT2D eigenvalue weighted by Gasteiger charge is -2.04. The second-order valence-electron chi connectivity index (χ2n) is 4.57. The molecule has 1 aromatic rings. The van der Waals surface area contributed by atoms with Gasteiger partial charge in [0.15, 0.2) is 0 Å². The van der Waals surface area contributed by atoms with E-state index in [-0.39, 0.29) is 5.75 Å². The highest BCUT2D eigenvalue weighted by Gasteiger charge is 2.02. The molecular weight excluding hydrogens is 284 g/mol. The molecule has 4 nitrogen and oxygen atoms in total. The van der Waals surface area contributed by atoms with Crippen LogP contribution in [0, 0.1) is 0 Å². The Morgan fingerprint density at radius 2 is 1.68 bits per heavy atom. The highest BCUT2D eigenvalue weighted by Crippen LogP contribution is 2.15. The maximum Gasteiger partial charge on any atom is 0.264 e. The van der Waals surface area contributed by atoms with E-state index in [4.69, 9.17) is 9.29 Å². The summed E-state index contributed by atoms with van der Waals surface area (Å²) in [4.78, 5) is 0. The second kappa shape index (κ2) is 9.34. The van der Waals surface area contributed by atoms with Crippen LogP contribution in [0.5, 0.6) is 5.75 Å². The van der Waals surface area contributed by atoms with Crippen LogP contribution in [0.25, 0.3) is 0 Å². The summed E-state index contributed by atoms with van der Waals surface area (Å²) < 4.78 is 35.1. The molecule has 110 valence electrons. The van der Waals surface area contributed by atoms with Crippen LogP contribution in [0.15, 0.2) is 16.8 Å². The van der Waals surface area contributed by atoms with Crippen molar-refractivity contribution in [3.8, 4) is 5.75 Å². The van der Waals surface area contributed by atoms with E-state index in [9.17, 15) is 8.42 Å². The number of rotatable bonds is 11. The van der Waals surface area contributed by atoms with Crippen molar-refractivity contribution in [2.45, 2.75) is 44.9 Å². The molecule has 0 saturated carbocycles. The van der Waals surface area contributed by atoms with E-state index in [0.29, 0.717) is 6.42 Å². The average Bonchev–Trinajstić information content (AvgIpc) is 2.83. The van der Waals surface area contributed by atoms with Gasteiger partial charge in [-0.25, -0.2) is 0 Å². The van der Waals surface area contributed by atoms with E-state index < -0.39 is 10.1 Å². The van der Waals surface area contributed by atoms with Gasteiger partial charge in [0.1, 0.15) is 5.75 Å². The van der Waals surface area contributed by atoms with E-state index in [0.717, 1.165) is 50.9 Å². The molecule has 1 aromatic heterocycles. The second-order valence-corrected chi connectivity index (χ2v) is 6.92. The van der Waals surface area contributed by atoms with E-state index in [1.165, 1.54) is 0 Å². The van der Waals surface area contributed by atoms with Crippen molar-refractivity contribution >= 4 is 21.5 Å². The first-order valence-corrected chi connectivity index (χ1v) is 9.23. The standard InChI is InChI=1S/C13H22O4S2/c14-19(15,16)11-7-5-3-1-2-4-6-9-17-13-8-10-18-12-13/h8,10,12H,1-7,9,11H2,(H,14,15,16). The quantitative estimate of drug-likeness (QED) is 0.499. The maximum atomic E-state index is 10.5. The van der Waals surface area contributed by atoms with E-state index in [2.05, 4.69) is 0 Å². The molecule has 6 heteroatoms. The summed E-state index contributed by atoms with van der Waals surface area (Å²) >= 11 is 1.64. The summed E-state index contributed by atoms with van der Waals surface area (Å²) in [6.45, 7) is 0.763. The molecule has 0 unspecified atom stereocenters. The largest absolute Gasteiger partial charge is 0.493 e. The predicted octanol–water partition coefficient (Wildman–Crippen LogP) is 3.75. The van der Waals surface area contributed by atoms with Gasteiger partial charge in [-0.15, -0.1) is 11.3 Å². The maximum absolute atomic E-state index is 10.5. The van der Waals surface area contributed by atoms with Gasteiger partial charge in [-0.3, -0.25) is 4.55 Å². The van der Waals surface area contributed by atoms with Crippen molar-refractivity contribution in [2.75, 3.05) is 12.4 Å². The number of hydrogen-bond donors (Lipinski definition) is 1. The third kappa shape index (κ3) is 9.92. The summed E-state index contributed by atoms with van der Waals surface area (Å²) in [5.41, 5.74) is 0. The zero-order valence-electron chi connectivity index (χ0n) is 11.1. The molecule has 0 fully saturated rings. The monoisotopic (exact) mass is 306 g/mol. The molecule has 19 heavy (non-hydrogen) atoms. The topological polar surface area (TPSA) is 63.6 Å². The first-order chi connectivity index (χ1) is 9.08. The molecule has 0 saturated heterocycles. The molecule has 0 aliphatic carbocycles. The van der Waals surface area contributed by atoms with Gasteiger partial charge >= 0.3 is 0 Å². The Kier molecular flexibility index (Phi) is 8.09. The Labute approximate surface area is 119 Å². The Morgan fingerprint density at radius 3 is 2.26 bits per heavy atom. The molecule has 0 amide bonds. The van der Waals surface area contributed by atoms with Crippen molar-refractivity contribution in [1.29, 1.82) is 0 Å². The normalized spacial score (nSPS) is 11.6. The van der Waals surface area contributed by atoms with Gasteiger partial charge < -0.3 is 4.74 Å². The fraction of sp³-hybridized carbons (Fsp3) is 0.692. The zero-order chi connectivity index (χ0) is 14.0. The Morgan fingerprint density at radius 1 is 1.05 bits per heavy atom. The van der Waals surface area contributed by atoms with E-state index in [1.54, 1.807) is 11.3 Å². The lowest BCUT2D eigenvalue weighted by molar-refractivity contribution is 0.305. The molecule has 0 aliphatic heterocycles. The molecule has 0 radical (unpaired) electrons. The molecule has 0 aliphatic rings. The molecule has 0 bridgehead atoms. The van der Waals surface area contributed by atoms with Crippen LogP contribution < -0.4 is 4.74 Å². The highest BCUT2D eigenvalue weighted by molar-refractivity contribution is 7.85. The highest BCUT2D eigenvalue weighted by atomic mass is 32.2. The lowest BCUT2D eigenvalue weighted by Crippen LogP contribution is -2.03. The van der Waals surface area contributed by atoms with Crippen molar-refractivity contribution < 1.29 is 17.7 Å². The third-order valence-corrected chi connectivity index (χ3v) is 4.28. The van der Waals surface area contributed by atoms with E-state index >= 15 is 0 Å². The van der Waals surface area contributed by atoms with Crippen LogP contribution >= 0.6 is 11.3 Å². The summed E-state index contributed by atoms with van der Waals surface area (Å²) in [5, 5.41) is 4.00. The molecule has 1 heterocycles. The summed E-state index contributed by atoms with van der Waals surface area (Å²) in [6, 6.07) is 1.97. The first kappa shape index (κ1) is 16.5. The minimum Gasteiger partial charge on any atom is -0.493 e. The van der Waals surface area contributed by atoms with Gasteiger partial charge in [-0.1, -0.05) is 32.1 Å². The average molecular weight is 306 g/mol. The SMILES string of the molecule is O=S(=O)(O)CCCCCCCCCOc1ccsc1. The molecule has 0 spiro atoms. The third-order valence-electron chi connectivity index (χ3n) is 2.81. The number of thiophene rings is 1. The van der Waals surface area contributed by atoms with Crippen molar-refractivity contribution in [3.63, 3.8) is 0 Å². The van der Waals surface area contributed by atoms with Crippen LogP contribution in [0.3, 0.4) is 0 Å². The van der Waals surface area contributed by atoms with Crippen molar-refractivity contribution in [3.05, 3.63) is 16.8 Å². The van der Waals surface area contributed by atoms with Crippen LogP contribution in [0.2, 0.25) is 0 Å². The van der Waals surface area contributed by atoms with E-state index in [1.807, 2.05) is 16.8 Å². The molecular formula is C13H22O4S2. The van der Waals surface area contributed by atoms with Gasteiger partial charge in [0.2, 0.25) is 0 Å². The van der Waals surface area contributed by atoms with Crippen LogP contribution in [-0.4, -0.2) is 25.3 Å². The molecule has 0 atom stereocenters. The Balaban J connectivity index is 1.81. The number of unbranched alkanes of at least 4 members (excludes halogenated alkanes) is 6. The number of ether oxygens (including phenoxy) is 1. The van der Waals surface area contributed by atoms with Crippen molar-refractivity contribution in [2.24, 2.45) is 0 Å². The minimum absolute atomic E-state index is 0.110. The minimum atomic E-state index is -3.77. The van der Waals surface area contributed by atoms with Gasteiger partial charge in [-0.2, -0.15) is 8.42 Å². The van der Waals surface area contributed by atoms with Crippen molar-refractivity contribution in [1.82, 2.24) is 0 Å². The molecule has 1 rings (SSSR count). The van der Waals surface area contributed by atoms with Gasteiger partial charge in [0.25, 0.3) is 10.1 Å². The van der Waals surface area contributed by atoms with Crippen LogP contribution in [0.4, 0.5) is 0 Å². The predicted molar refractivity (Wildman–Crippen MR) is 78.5 cm³/mol. The smallest absolute Gasteiger partial charge is 0.264 e. The fourth-order valence-electron chi connectivity index (χ4n) is 1.79. The van der Waals surface area contributed by atoms with Gasteiger partial charge in [-0.05, 0) is 24.3 Å². The van der Waals surface area contributed by atoms with Crippen LogP contribution in [0.1, 0.15) is 44.9 Å². The van der Waals surface area contributed by atoms with Gasteiger partial charge in [0, 0.05) is 5.38 Å². The molecule has 0 aromatic carbocycles. The summed E-state index contributed by atoms with van der Waals surface area (Å²) in [5.74, 6) is 0.844. The molecule has 1 N–H and O–H groups in total. The Hall–Kier alpha value is -0.590. The lowest BCUT2D eigenvalue weighted by atomic mass is 10.1.